The molecule has 0 atom stereocenters. The molecule has 0 saturated heterocycles. The Kier molecular flexibility index (Phi) is 4.06. The van der Waals surface area contributed by atoms with Crippen molar-refractivity contribution >= 4 is 0 Å². The zero-order valence-corrected chi connectivity index (χ0v) is 10.2. The lowest BCUT2D eigenvalue weighted by atomic mass is 10.3. The second kappa shape index (κ2) is 5.95. The van der Waals surface area contributed by atoms with Crippen LogP contribution < -0.4 is 10.3 Å². The third-order valence-corrected chi connectivity index (χ3v) is 2.43. The average molecular weight is 245 g/mol. The van der Waals surface area contributed by atoms with Crippen molar-refractivity contribution in [3.05, 3.63) is 40.9 Å². The average Bonchev–Trinajstić information content (AvgIpc) is 2.42. The Balaban J connectivity index is 2.18. The van der Waals surface area contributed by atoms with E-state index in [1.807, 2.05) is 12.1 Å². The molecule has 2 aromatic rings. The lowest BCUT2D eigenvalue weighted by molar-refractivity contribution is 0.304. The molecule has 2 heterocycles. The van der Waals surface area contributed by atoms with Crippen molar-refractivity contribution in [3.63, 3.8) is 0 Å². The highest BCUT2D eigenvalue weighted by Gasteiger charge is 2.05. The normalized spacial score (nSPS) is 10.3. The van der Waals surface area contributed by atoms with Gasteiger partial charge in [0, 0.05) is 6.20 Å². The quantitative estimate of drug-likeness (QED) is 0.818. The smallest absolute Gasteiger partial charge is 0.293 e. The minimum Gasteiger partial charge on any atom is -0.487 e. The van der Waals surface area contributed by atoms with Crippen molar-refractivity contribution < 1.29 is 4.74 Å². The predicted molar refractivity (Wildman–Crippen MR) is 68.5 cm³/mol. The molecule has 0 aliphatic rings. The van der Waals surface area contributed by atoms with Gasteiger partial charge in [0.05, 0.1) is 12.8 Å². The van der Waals surface area contributed by atoms with Crippen molar-refractivity contribution in [1.29, 1.82) is 0 Å². The molecule has 5 heteroatoms. The van der Waals surface area contributed by atoms with Crippen LogP contribution >= 0.6 is 0 Å². The number of ether oxygens (including phenoxy) is 1. The summed E-state index contributed by atoms with van der Waals surface area (Å²) in [5.41, 5.74) is 0.358. The topological polar surface area (TPSA) is 67.9 Å². The number of unbranched alkanes of at least 4 members (excludes halogenated alkanes) is 1. The highest BCUT2D eigenvalue weighted by atomic mass is 16.5. The lowest BCUT2D eigenvalue weighted by Gasteiger charge is -2.04. The van der Waals surface area contributed by atoms with Gasteiger partial charge in [-0.3, -0.25) is 9.78 Å². The molecule has 0 saturated carbocycles. The molecule has 0 fully saturated rings. The molecule has 18 heavy (non-hydrogen) atoms. The van der Waals surface area contributed by atoms with Crippen molar-refractivity contribution in [3.8, 4) is 17.3 Å². The van der Waals surface area contributed by atoms with E-state index in [0.717, 1.165) is 12.8 Å². The third kappa shape index (κ3) is 2.94. The van der Waals surface area contributed by atoms with E-state index in [0.29, 0.717) is 18.1 Å². The van der Waals surface area contributed by atoms with Crippen LogP contribution in [-0.4, -0.2) is 21.6 Å². The minimum absolute atomic E-state index is 0.253. The lowest BCUT2D eigenvalue weighted by Crippen LogP contribution is -2.14. The molecule has 0 spiro atoms. The fourth-order valence-corrected chi connectivity index (χ4v) is 1.45. The summed E-state index contributed by atoms with van der Waals surface area (Å²) < 4.78 is 5.34. The van der Waals surface area contributed by atoms with Crippen LogP contribution in [0.1, 0.15) is 19.8 Å². The summed E-state index contributed by atoms with van der Waals surface area (Å²) in [7, 11) is 0. The summed E-state index contributed by atoms with van der Waals surface area (Å²) >= 11 is 0. The number of nitrogens with zero attached hydrogens (tertiary/aromatic N) is 2. The van der Waals surface area contributed by atoms with E-state index >= 15 is 0 Å². The zero-order valence-electron chi connectivity index (χ0n) is 10.2. The van der Waals surface area contributed by atoms with E-state index in [9.17, 15) is 4.79 Å². The standard InChI is InChI=1S/C13H15N3O2/c1-2-3-8-18-11-9-15-12(16-13(11)17)10-6-4-5-7-14-10/h4-7,9H,2-3,8H2,1H3,(H,15,16,17). The van der Waals surface area contributed by atoms with Crippen LogP contribution in [-0.2, 0) is 0 Å². The van der Waals surface area contributed by atoms with Gasteiger partial charge in [-0.15, -0.1) is 0 Å². The minimum atomic E-state index is -0.276. The van der Waals surface area contributed by atoms with Gasteiger partial charge in [0.15, 0.2) is 5.82 Å². The van der Waals surface area contributed by atoms with Crippen LogP contribution in [0.4, 0.5) is 0 Å². The summed E-state index contributed by atoms with van der Waals surface area (Å²) in [6.07, 6.45) is 5.04. The van der Waals surface area contributed by atoms with Gasteiger partial charge in [-0.25, -0.2) is 4.98 Å². The molecular weight excluding hydrogens is 230 g/mol. The molecule has 0 aliphatic heterocycles. The first kappa shape index (κ1) is 12.3. The zero-order chi connectivity index (χ0) is 12.8. The number of aromatic nitrogens is 3. The Morgan fingerprint density at radius 1 is 1.33 bits per heavy atom. The van der Waals surface area contributed by atoms with E-state index in [4.69, 9.17) is 4.74 Å². The Bertz CT molecular complexity index is 552. The van der Waals surface area contributed by atoms with Gasteiger partial charge >= 0.3 is 0 Å². The Morgan fingerprint density at radius 3 is 2.89 bits per heavy atom. The highest BCUT2D eigenvalue weighted by Crippen LogP contribution is 2.10. The van der Waals surface area contributed by atoms with Gasteiger partial charge in [0.1, 0.15) is 5.69 Å². The fourth-order valence-electron chi connectivity index (χ4n) is 1.45. The van der Waals surface area contributed by atoms with Crippen molar-refractivity contribution in [2.75, 3.05) is 6.61 Å². The van der Waals surface area contributed by atoms with Gasteiger partial charge in [-0.05, 0) is 18.6 Å². The molecule has 0 unspecified atom stereocenters. The van der Waals surface area contributed by atoms with Gasteiger partial charge in [-0.2, -0.15) is 0 Å². The maximum atomic E-state index is 11.8. The third-order valence-electron chi connectivity index (χ3n) is 2.43. The number of hydrogen-bond acceptors (Lipinski definition) is 4. The van der Waals surface area contributed by atoms with Crippen LogP contribution in [0.15, 0.2) is 35.4 Å². The number of H-pyrrole nitrogens is 1. The van der Waals surface area contributed by atoms with Gasteiger partial charge < -0.3 is 9.72 Å². The van der Waals surface area contributed by atoms with Gasteiger partial charge in [0.25, 0.3) is 5.56 Å². The number of nitrogens with one attached hydrogen (secondary N) is 1. The predicted octanol–water partition coefficient (Wildman–Crippen LogP) is 2.01. The van der Waals surface area contributed by atoms with Crippen LogP contribution in [0, 0.1) is 0 Å². The van der Waals surface area contributed by atoms with Crippen LogP contribution in [0.2, 0.25) is 0 Å². The first-order chi connectivity index (χ1) is 8.81. The molecule has 0 radical (unpaired) electrons. The van der Waals surface area contributed by atoms with E-state index in [1.54, 1.807) is 12.3 Å². The molecule has 1 N–H and O–H groups in total. The molecule has 5 nitrogen and oxygen atoms in total. The maximum Gasteiger partial charge on any atom is 0.293 e. The second-order valence-electron chi connectivity index (χ2n) is 3.84. The number of pyridine rings is 1. The van der Waals surface area contributed by atoms with E-state index in [2.05, 4.69) is 21.9 Å². The van der Waals surface area contributed by atoms with Gasteiger partial charge in [-0.1, -0.05) is 19.4 Å². The fraction of sp³-hybridized carbons (Fsp3) is 0.308. The molecule has 0 aromatic carbocycles. The number of rotatable bonds is 5. The molecular formula is C13H15N3O2. The molecule has 0 bridgehead atoms. The summed E-state index contributed by atoms with van der Waals surface area (Å²) in [6.45, 7) is 2.60. The van der Waals surface area contributed by atoms with Crippen LogP contribution in [0.5, 0.6) is 5.75 Å². The molecule has 2 aromatic heterocycles. The van der Waals surface area contributed by atoms with Gasteiger partial charge in [0.2, 0.25) is 5.75 Å². The van der Waals surface area contributed by atoms with E-state index in [1.165, 1.54) is 6.20 Å². The summed E-state index contributed by atoms with van der Waals surface area (Å²) in [4.78, 5) is 22.7. The Hall–Kier alpha value is -2.17. The SMILES string of the molecule is CCCCOc1cnc(-c2ccccn2)[nH]c1=O. The first-order valence-corrected chi connectivity index (χ1v) is 5.94. The number of hydrogen-bond donors (Lipinski definition) is 1. The molecule has 0 aliphatic carbocycles. The van der Waals surface area contributed by atoms with Crippen molar-refractivity contribution in [1.82, 2.24) is 15.0 Å². The largest absolute Gasteiger partial charge is 0.487 e. The monoisotopic (exact) mass is 245 g/mol. The van der Waals surface area contributed by atoms with Crippen LogP contribution in [0.25, 0.3) is 11.5 Å². The molecule has 94 valence electrons. The summed E-state index contributed by atoms with van der Waals surface area (Å²) in [5, 5.41) is 0. The summed E-state index contributed by atoms with van der Waals surface area (Å²) in [6, 6.07) is 5.44. The Labute approximate surface area is 105 Å². The number of aromatic amines is 1. The summed E-state index contributed by atoms with van der Waals surface area (Å²) in [5.74, 6) is 0.701. The molecule has 2 rings (SSSR count). The van der Waals surface area contributed by atoms with E-state index in [-0.39, 0.29) is 11.3 Å². The molecule has 0 amide bonds. The second-order valence-corrected chi connectivity index (χ2v) is 3.84. The first-order valence-electron chi connectivity index (χ1n) is 5.94. The highest BCUT2D eigenvalue weighted by molar-refractivity contribution is 5.48. The van der Waals surface area contributed by atoms with Crippen molar-refractivity contribution in [2.45, 2.75) is 19.8 Å². The van der Waals surface area contributed by atoms with Crippen LogP contribution in [0.3, 0.4) is 0 Å². The van der Waals surface area contributed by atoms with Crippen molar-refractivity contribution in [2.24, 2.45) is 0 Å². The maximum absolute atomic E-state index is 11.8. The Morgan fingerprint density at radius 2 is 2.22 bits per heavy atom. The van der Waals surface area contributed by atoms with E-state index < -0.39 is 0 Å².